The number of nitrogens with one attached hydrogen (secondary N) is 2. The monoisotopic (exact) mass is 278 g/mol. The minimum absolute atomic E-state index is 0.158. The van der Waals surface area contributed by atoms with Gasteiger partial charge in [-0.1, -0.05) is 26.7 Å². The van der Waals surface area contributed by atoms with E-state index in [9.17, 15) is 4.79 Å². The van der Waals surface area contributed by atoms with Gasteiger partial charge in [-0.15, -0.1) is 0 Å². The molecule has 0 fully saturated rings. The lowest BCUT2D eigenvalue weighted by Crippen LogP contribution is -2.33. The predicted octanol–water partition coefficient (Wildman–Crippen LogP) is 2.85. The largest absolute Gasteiger partial charge is 0.369 e. The quantitative estimate of drug-likeness (QED) is 0.767. The molecule has 20 heavy (non-hydrogen) atoms. The van der Waals surface area contributed by atoms with Crippen molar-refractivity contribution < 1.29 is 4.79 Å². The summed E-state index contributed by atoms with van der Waals surface area (Å²) < 4.78 is 0. The standard InChI is InChI=1S/C15H26N4O/c1-5-17-14-10-16-9-13(19-14)15(20)18-12(4)8-6-7-11(2)3/h9-12H,5-8H2,1-4H3,(H,17,19)(H,18,20). The molecule has 1 atom stereocenters. The van der Waals surface area contributed by atoms with Gasteiger partial charge >= 0.3 is 0 Å². The summed E-state index contributed by atoms with van der Waals surface area (Å²) in [6.07, 6.45) is 6.42. The number of carbonyl (C=O) groups excluding carboxylic acids is 1. The molecule has 0 aromatic carbocycles. The zero-order chi connectivity index (χ0) is 15.0. The van der Waals surface area contributed by atoms with Crippen molar-refractivity contribution in [3.05, 3.63) is 18.1 Å². The van der Waals surface area contributed by atoms with E-state index in [1.807, 2.05) is 13.8 Å². The molecule has 2 N–H and O–H groups in total. The highest BCUT2D eigenvalue weighted by atomic mass is 16.1. The van der Waals surface area contributed by atoms with Gasteiger partial charge in [0.15, 0.2) is 0 Å². The van der Waals surface area contributed by atoms with Crippen molar-refractivity contribution in [3.8, 4) is 0 Å². The topological polar surface area (TPSA) is 66.9 Å². The average molecular weight is 278 g/mol. The van der Waals surface area contributed by atoms with Crippen molar-refractivity contribution in [2.75, 3.05) is 11.9 Å². The average Bonchev–Trinajstić information content (AvgIpc) is 2.39. The number of nitrogens with zero attached hydrogens (tertiary/aromatic N) is 2. The van der Waals surface area contributed by atoms with Crippen LogP contribution >= 0.6 is 0 Å². The normalized spacial score (nSPS) is 12.2. The number of aromatic nitrogens is 2. The molecule has 112 valence electrons. The van der Waals surface area contributed by atoms with Gasteiger partial charge in [0.05, 0.1) is 12.4 Å². The molecular weight excluding hydrogens is 252 g/mol. The first kappa shape index (κ1) is 16.4. The summed E-state index contributed by atoms with van der Waals surface area (Å²) in [5.41, 5.74) is 0.360. The fraction of sp³-hybridized carbons (Fsp3) is 0.667. The van der Waals surface area contributed by atoms with E-state index < -0.39 is 0 Å². The summed E-state index contributed by atoms with van der Waals surface area (Å²) in [7, 11) is 0. The number of carbonyl (C=O) groups is 1. The van der Waals surface area contributed by atoms with Crippen molar-refractivity contribution >= 4 is 11.7 Å². The van der Waals surface area contributed by atoms with Crippen LogP contribution < -0.4 is 10.6 Å². The van der Waals surface area contributed by atoms with E-state index in [2.05, 4.69) is 34.4 Å². The van der Waals surface area contributed by atoms with E-state index in [0.29, 0.717) is 17.4 Å². The molecule has 0 spiro atoms. The zero-order valence-electron chi connectivity index (χ0n) is 12.9. The molecule has 0 saturated heterocycles. The Bertz CT molecular complexity index is 420. The molecule has 1 aromatic heterocycles. The Labute approximate surface area is 121 Å². The Morgan fingerprint density at radius 2 is 2.00 bits per heavy atom. The van der Waals surface area contributed by atoms with Crippen LogP contribution in [0.25, 0.3) is 0 Å². The van der Waals surface area contributed by atoms with Crippen molar-refractivity contribution in [1.82, 2.24) is 15.3 Å². The van der Waals surface area contributed by atoms with E-state index >= 15 is 0 Å². The van der Waals surface area contributed by atoms with Crippen LogP contribution in [0.1, 0.15) is 57.4 Å². The second-order valence-corrected chi connectivity index (χ2v) is 5.52. The summed E-state index contributed by atoms with van der Waals surface area (Å²) >= 11 is 0. The number of anilines is 1. The highest BCUT2D eigenvalue weighted by Crippen LogP contribution is 2.09. The van der Waals surface area contributed by atoms with E-state index in [1.54, 1.807) is 6.20 Å². The number of hydrogen-bond donors (Lipinski definition) is 2. The maximum Gasteiger partial charge on any atom is 0.271 e. The third-order valence-electron chi connectivity index (χ3n) is 3.02. The third kappa shape index (κ3) is 5.99. The molecule has 0 aliphatic rings. The van der Waals surface area contributed by atoms with Gasteiger partial charge in [-0.2, -0.15) is 0 Å². The molecule has 0 bridgehead atoms. The van der Waals surface area contributed by atoms with Gasteiger partial charge in [-0.05, 0) is 26.2 Å². The number of rotatable bonds is 8. The lowest BCUT2D eigenvalue weighted by Gasteiger charge is -2.14. The number of hydrogen-bond acceptors (Lipinski definition) is 4. The summed E-state index contributed by atoms with van der Waals surface area (Å²) in [6, 6.07) is 0.158. The first-order valence-electron chi connectivity index (χ1n) is 7.39. The molecule has 5 nitrogen and oxygen atoms in total. The molecule has 0 aliphatic heterocycles. The van der Waals surface area contributed by atoms with Crippen LogP contribution in [0.3, 0.4) is 0 Å². The van der Waals surface area contributed by atoms with Crippen molar-refractivity contribution in [3.63, 3.8) is 0 Å². The van der Waals surface area contributed by atoms with Gasteiger partial charge in [0.2, 0.25) is 0 Å². The van der Waals surface area contributed by atoms with E-state index in [1.165, 1.54) is 12.6 Å². The van der Waals surface area contributed by atoms with E-state index in [0.717, 1.165) is 19.4 Å². The summed E-state index contributed by atoms with van der Waals surface area (Å²) in [6.45, 7) is 9.19. The first-order chi connectivity index (χ1) is 9.52. The minimum Gasteiger partial charge on any atom is -0.369 e. The molecule has 1 heterocycles. The third-order valence-corrected chi connectivity index (χ3v) is 3.02. The Morgan fingerprint density at radius 3 is 2.65 bits per heavy atom. The van der Waals surface area contributed by atoms with Crippen molar-refractivity contribution in [2.24, 2.45) is 5.92 Å². The van der Waals surface area contributed by atoms with E-state index in [-0.39, 0.29) is 11.9 Å². The smallest absolute Gasteiger partial charge is 0.271 e. The fourth-order valence-electron chi connectivity index (χ4n) is 1.94. The maximum atomic E-state index is 12.1. The van der Waals surface area contributed by atoms with Gasteiger partial charge in [-0.3, -0.25) is 9.78 Å². The van der Waals surface area contributed by atoms with Crippen LogP contribution in [0.2, 0.25) is 0 Å². The van der Waals surface area contributed by atoms with Crippen molar-refractivity contribution in [1.29, 1.82) is 0 Å². The summed E-state index contributed by atoms with van der Waals surface area (Å²) in [5, 5.41) is 6.02. The Balaban J connectivity index is 2.47. The van der Waals surface area contributed by atoms with Crippen LogP contribution in [0.15, 0.2) is 12.4 Å². The second-order valence-electron chi connectivity index (χ2n) is 5.52. The van der Waals surface area contributed by atoms with E-state index in [4.69, 9.17) is 0 Å². The predicted molar refractivity (Wildman–Crippen MR) is 81.8 cm³/mol. The van der Waals surface area contributed by atoms with Crippen LogP contribution in [0.4, 0.5) is 5.82 Å². The Hall–Kier alpha value is -1.65. The molecule has 0 radical (unpaired) electrons. The molecule has 0 saturated carbocycles. The van der Waals surface area contributed by atoms with Crippen LogP contribution in [0.5, 0.6) is 0 Å². The molecule has 1 aromatic rings. The van der Waals surface area contributed by atoms with Crippen LogP contribution in [-0.4, -0.2) is 28.5 Å². The van der Waals surface area contributed by atoms with Crippen LogP contribution in [0, 0.1) is 5.92 Å². The Morgan fingerprint density at radius 1 is 1.25 bits per heavy atom. The van der Waals surface area contributed by atoms with Gasteiger partial charge in [0, 0.05) is 12.6 Å². The molecule has 5 heteroatoms. The van der Waals surface area contributed by atoms with Gasteiger partial charge in [0.1, 0.15) is 11.5 Å². The molecule has 0 aliphatic carbocycles. The van der Waals surface area contributed by atoms with Gasteiger partial charge in [0.25, 0.3) is 5.91 Å². The molecular formula is C15H26N4O. The maximum absolute atomic E-state index is 12.1. The lowest BCUT2D eigenvalue weighted by molar-refractivity contribution is 0.0932. The summed E-state index contributed by atoms with van der Waals surface area (Å²) in [4.78, 5) is 20.3. The fourth-order valence-corrected chi connectivity index (χ4v) is 1.94. The van der Waals surface area contributed by atoms with Crippen LogP contribution in [-0.2, 0) is 0 Å². The first-order valence-corrected chi connectivity index (χ1v) is 7.39. The Kier molecular flexibility index (Phi) is 6.98. The lowest BCUT2D eigenvalue weighted by atomic mass is 10.0. The molecule has 1 unspecified atom stereocenters. The van der Waals surface area contributed by atoms with Gasteiger partial charge < -0.3 is 10.6 Å². The zero-order valence-corrected chi connectivity index (χ0v) is 12.9. The second kappa shape index (κ2) is 8.51. The van der Waals surface area contributed by atoms with Crippen molar-refractivity contribution in [2.45, 2.75) is 53.0 Å². The highest BCUT2D eigenvalue weighted by molar-refractivity contribution is 5.92. The SMILES string of the molecule is CCNc1cncc(C(=O)NC(C)CCCC(C)C)n1. The minimum atomic E-state index is -0.158. The molecule has 1 amide bonds. The number of amides is 1. The summed E-state index contributed by atoms with van der Waals surface area (Å²) in [5.74, 6) is 1.18. The van der Waals surface area contributed by atoms with Gasteiger partial charge in [-0.25, -0.2) is 4.98 Å². The highest BCUT2D eigenvalue weighted by Gasteiger charge is 2.12. The molecule has 1 rings (SSSR count).